The topological polar surface area (TPSA) is 18.5 Å². The summed E-state index contributed by atoms with van der Waals surface area (Å²) in [6.07, 6.45) is 13.5. The average molecular weight is 380 g/mol. The van der Waals surface area contributed by atoms with E-state index in [4.69, 9.17) is 9.47 Å². The lowest BCUT2D eigenvalue weighted by Crippen LogP contribution is -2.54. The van der Waals surface area contributed by atoms with Crippen LogP contribution in [0.25, 0.3) is 0 Å². The van der Waals surface area contributed by atoms with Gasteiger partial charge < -0.3 is 9.47 Å². The predicted molar refractivity (Wildman–Crippen MR) is 110 cm³/mol. The number of hydrogen-bond donors (Lipinski definition) is 0. The maximum atomic E-state index is 6.91. The molecule has 0 N–H and O–H groups in total. The van der Waals surface area contributed by atoms with Crippen LogP contribution in [0.2, 0.25) is 0 Å². The number of allylic oxidation sites excluding steroid dienone is 2. The molecule has 0 spiro atoms. The van der Waals surface area contributed by atoms with Crippen LogP contribution < -0.4 is 0 Å². The zero-order chi connectivity index (χ0) is 18.1. The van der Waals surface area contributed by atoms with Crippen molar-refractivity contribution in [2.45, 2.75) is 69.5 Å². The molecule has 2 fully saturated rings. The van der Waals surface area contributed by atoms with Gasteiger partial charge in [-0.15, -0.1) is 0 Å². The molecular formula is C21H34O2P2. The molecule has 4 heteroatoms. The molecule has 2 heterocycles. The summed E-state index contributed by atoms with van der Waals surface area (Å²) < 4.78 is 13.5. The van der Waals surface area contributed by atoms with Crippen molar-refractivity contribution in [3.05, 3.63) is 24.3 Å². The Kier molecular flexibility index (Phi) is 4.38. The number of rotatable bonds is 2. The van der Waals surface area contributed by atoms with Gasteiger partial charge in [0, 0.05) is 5.41 Å². The fourth-order valence-corrected chi connectivity index (χ4v) is 12.8. The Morgan fingerprint density at radius 2 is 1.60 bits per heavy atom. The lowest BCUT2D eigenvalue weighted by molar-refractivity contribution is -0.0791. The van der Waals surface area contributed by atoms with Crippen LogP contribution in [0, 0.1) is 11.3 Å². The Balaban J connectivity index is 1.86. The van der Waals surface area contributed by atoms with Crippen molar-refractivity contribution in [2.75, 3.05) is 25.5 Å². The second-order valence-corrected chi connectivity index (χ2v) is 16.6. The van der Waals surface area contributed by atoms with Crippen molar-refractivity contribution in [2.24, 2.45) is 11.3 Å². The number of fused-ring (bicyclic) bond motifs is 2. The molecule has 2 aliphatic carbocycles. The molecular weight excluding hydrogens is 346 g/mol. The molecule has 0 radical (unpaired) electrons. The monoisotopic (exact) mass is 380 g/mol. The third kappa shape index (κ3) is 2.66. The van der Waals surface area contributed by atoms with Crippen LogP contribution in [-0.4, -0.2) is 47.0 Å². The lowest BCUT2D eigenvalue weighted by Gasteiger charge is -2.55. The summed E-state index contributed by atoms with van der Waals surface area (Å²) in [6, 6.07) is 0. The smallest absolute Gasteiger partial charge is 0.130 e. The summed E-state index contributed by atoms with van der Waals surface area (Å²) in [4.78, 5) is 0. The summed E-state index contributed by atoms with van der Waals surface area (Å²) in [5.74, 6) is 0.890. The van der Waals surface area contributed by atoms with Gasteiger partial charge in [-0.25, -0.2) is 0 Å². The second kappa shape index (κ2) is 5.88. The third-order valence-electron chi connectivity index (χ3n) is 6.46. The molecule has 2 bridgehead atoms. The van der Waals surface area contributed by atoms with Crippen LogP contribution >= 0.6 is 15.8 Å². The average Bonchev–Trinajstić information content (AvgIpc) is 3.27. The first-order valence-electron chi connectivity index (χ1n) is 9.79. The van der Waals surface area contributed by atoms with Gasteiger partial charge >= 0.3 is 0 Å². The van der Waals surface area contributed by atoms with Crippen LogP contribution in [0.1, 0.15) is 48.0 Å². The largest absolute Gasteiger partial charge is 0.370 e. The Morgan fingerprint density at radius 3 is 2.12 bits per heavy atom. The first-order valence-corrected chi connectivity index (χ1v) is 12.9. The summed E-state index contributed by atoms with van der Waals surface area (Å²) in [5.41, 5.74) is 0.0635. The van der Waals surface area contributed by atoms with E-state index in [0.717, 1.165) is 13.2 Å². The van der Waals surface area contributed by atoms with Gasteiger partial charge in [-0.05, 0) is 35.0 Å². The molecule has 2 aliphatic heterocycles. The van der Waals surface area contributed by atoms with E-state index in [1.165, 1.54) is 18.7 Å². The van der Waals surface area contributed by atoms with Gasteiger partial charge in [-0.3, -0.25) is 0 Å². The molecule has 2 nitrogen and oxygen atoms in total. The Bertz CT molecular complexity index is 584. The van der Waals surface area contributed by atoms with Gasteiger partial charge in [-0.2, -0.15) is 0 Å². The van der Waals surface area contributed by atoms with Crippen molar-refractivity contribution < 1.29 is 9.47 Å². The fraction of sp³-hybridized carbons (Fsp3) is 0.810. The van der Waals surface area contributed by atoms with E-state index in [1.54, 1.807) is 0 Å². The van der Waals surface area contributed by atoms with E-state index in [0.29, 0.717) is 11.1 Å². The highest BCUT2D eigenvalue weighted by Crippen LogP contribution is 2.79. The fourth-order valence-electron chi connectivity index (χ4n) is 5.43. The standard InChI is InChI=1S/C21H34O2P2/c1-18(2,3)24-13-11-22-17(24)21(20-9-7-16(15-20)8-10-20)23-12-14-25(21)19(4,5)6/h7-10,16-17H,11-15H2,1-6H3/t16?,17-,20?,21+,24-,25+/m0/s1. The molecule has 0 saturated carbocycles. The normalized spacial score (nSPS) is 46.5. The molecule has 4 aliphatic rings. The SMILES string of the molecule is CC(C)(C)[P@@]1CCO[C@@]1([C@H]1OCC[P@]1C(C)(C)C)C12C=CC(C=C1)C2. The molecule has 0 aromatic rings. The first kappa shape index (κ1) is 18.6. The summed E-state index contributed by atoms with van der Waals surface area (Å²) in [5, 5.41) is 0.469. The quantitative estimate of drug-likeness (QED) is 0.448. The molecule has 4 atom stereocenters. The number of hydrogen-bond acceptors (Lipinski definition) is 2. The van der Waals surface area contributed by atoms with Crippen LogP contribution in [0.5, 0.6) is 0 Å². The van der Waals surface area contributed by atoms with E-state index in [2.05, 4.69) is 65.8 Å². The molecule has 2 saturated heterocycles. The Labute approximate surface area is 156 Å². The first-order chi connectivity index (χ1) is 11.6. The lowest BCUT2D eigenvalue weighted by atomic mass is 9.82. The van der Waals surface area contributed by atoms with Crippen molar-refractivity contribution >= 4 is 15.8 Å². The highest BCUT2D eigenvalue weighted by Gasteiger charge is 2.68. The number of ether oxygens (including phenoxy) is 2. The van der Waals surface area contributed by atoms with Crippen LogP contribution in [0.3, 0.4) is 0 Å². The maximum absolute atomic E-state index is 6.91. The van der Waals surface area contributed by atoms with E-state index in [9.17, 15) is 0 Å². The Morgan fingerprint density at radius 1 is 0.920 bits per heavy atom. The van der Waals surface area contributed by atoms with E-state index >= 15 is 0 Å². The van der Waals surface area contributed by atoms with Gasteiger partial charge in [0.1, 0.15) is 11.2 Å². The van der Waals surface area contributed by atoms with Gasteiger partial charge in [0.2, 0.25) is 0 Å². The molecule has 0 amide bonds. The minimum atomic E-state index is -0.291. The third-order valence-corrected chi connectivity index (χ3v) is 14.0. The molecule has 0 aromatic heterocycles. The summed E-state index contributed by atoms with van der Waals surface area (Å²) in [6.45, 7) is 16.4. The van der Waals surface area contributed by atoms with Gasteiger partial charge in [0.25, 0.3) is 0 Å². The highest BCUT2D eigenvalue weighted by atomic mass is 31.1. The highest BCUT2D eigenvalue weighted by molar-refractivity contribution is 7.65. The molecule has 25 heavy (non-hydrogen) atoms. The van der Waals surface area contributed by atoms with Crippen LogP contribution in [-0.2, 0) is 9.47 Å². The van der Waals surface area contributed by atoms with E-state index < -0.39 is 0 Å². The van der Waals surface area contributed by atoms with Crippen LogP contribution in [0.15, 0.2) is 24.3 Å². The zero-order valence-electron chi connectivity index (χ0n) is 16.7. The predicted octanol–water partition coefficient (Wildman–Crippen LogP) is 5.76. The molecule has 0 aromatic carbocycles. The van der Waals surface area contributed by atoms with Gasteiger partial charge in [-0.1, -0.05) is 81.7 Å². The van der Waals surface area contributed by atoms with Crippen molar-refractivity contribution in [3.63, 3.8) is 0 Å². The molecule has 4 rings (SSSR count). The zero-order valence-corrected chi connectivity index (χ0v) is 18.5. The van der Waals surface area contributed by atoms with E-state index in [-0.39, 0.29) is 37.6 Å². The summed E-state index contributed by atoms with van der Waals surface area (Å²) in [7, 11) is -0.508. The molecule has 140 valence electrons. The van der Waals surface area contributed by atoms with Gasteiger partial charge in [0.05, 0.1) is 13.2 Å². The van der Waals surface area contributed by atoms with Gasteiger partial charge in [0.15, 0.2) is 0 Å². The second-order valence-electron chi connectivity index (χ2n) is 10.1. The van der Waals surface area contributed by atoms with E-state index in [1.807, 2.05) is 0 Å². The minimum Gasteiger partial charge on any atom is -0.370 e. The summed E-state index contributed by atoms with van der Waals surface area (Å²) >= 11 is 0. The maximum Gasteiger partial charge on any atom is 0.130 e. The van der Waals surface area contributed by atoms with Crippen molar-refractivity contribution in [1.29, 1.82) is 0 Å². The van der Waals surface area contributed by atoms with Crippen molar-refractivity contribution in [3.8, 4) is 0 Å². The van der Waals surface area contributed by atoms with Crippen LogP contribution in [0.4, 0.5) is 0 Å². The molecule has 0 unspecified atom stereocenters. The minimum absolute atomic E-state index is 0.0635. The Hall–Kier alpha value is 0.260. The van der Waals surface area contributed by atoms with Crippen molar-refractivity contribution in [1.82, 2.24) is 0 Å².